The fourth-order valence-corrected chi connectivity index (χ4v) is 2.81. The number of fused-ring (bicyclic) bond motifs is 1. The molecule has 2 aromatic carbocycles. The zero-order valence-corrected chi connectivity index (χ0v) is 15.7. The van der Waals surface area contributed by atoms with Crippen LogP contribution >= 0.6 is 0 Å². The molecule has 1 aromatic heterocycles. The van der Waals surface area contributed by atoms with Gasteiger partial charge in [-0.15, -0.1) is 0 Å². The summed E-state index contributed by atoms with van der Waals surface area (Å²) in [6.07, 6.45) is 0. The molecule has 1 atom stereocenters. The number of ether oxygens (including phenoxy) is 2. The van der Waals surface area contributed by atoms with Crippen LogP contribution in [0.15, 0.2) is 48.5 Å². The highest BCUT2D eigenvalue weighted by Gasteiger charge is 2.27. The van der Waals surface area contributed by atoms with Crippen molar-refractivity contribution < 1.29 is 14.3 Å². The third kappa shape index (κ3) is 4.01. The van der Waals surface area contributed by atoms with Gasteiger partial charge < -0.3 is 14.8 Å². The highest BCUT2D eigenvalue weighted by molar-refractivity contribution is 5.87. The van der Waals surface area contributed by atoms with Gasteiger partial charge in [-0.3, -0.25) is 4.79 Å². The van der Waals surface area contributed by atoms with Crippen molar-refractivity contribution in [2.45, 2.75) is 19.4 Å². The number of nitriles is 1. The van der Waals surface area contributed by atoms with Crippen molar-refractivity contribution in [3.8, 4) is 17.7 Å². The average molecular weight is 376 g/mol. The lowest BCUT2D eigenvalue weighted by molar-refractivity contribution is -0.121. The maximum Gasteiger partial charge on any atom is 0.244 e. The van der Waals surface area contributed by atoms with Gasteiger partial charge in [0, 0.05) is 12.1 Å². The lowest BCUT2D eigenvalue weighted by Gasteiger charge is -2.15. The third-order valence-electron chi connectivity index (χ3n) is 4.16. The van der Waals surface area contributed by atoms with Crippen LogP contribution in [0.5, 0.6) is 11.6 Å². The number of carbonyl (C=O) groups is 1. The molecule has 7 heteroatoms. The van der Waals surface area contributed by atoms with Gasteiger partial charge in [0.25, 0.3) is 0 Å². The van der Waals surface area contributed by atoms with Gasteiger partial charge in [0.1, 0.15) is 11.4 Å². The van der Waals surface area contributed by atoms with Crippen LogP contribution < -0.4 is 14.8 Å². The van der Waals surface area contributed by atoms with E-state index in [2.05, 4.69) is 15.3 Å². The molecule has 0 aliphatic heterocycles. The smallest absolute Gasteiger partial charge is 0.244 e. The summed E-state index contributed by atoms with van der Waals surface area (Å²) in [6.45, 7) is 2.39. The molecular formula is C21H20N4O3. The second-order valence-corrected chi connectivity index (χ2v) is 5.93. The van der Waals surface area contributed by atoms with Crippen LogP contribution in [0.2, 0.25) is 0 Å². The Labute approximate surface area is 162 Å². The normalized spacial score (nSPS) is 11.5. The average Bonchev–Trinajstić information content (AvgIpc) is 2.73. The Hall–Kier alpha value is -3.66. The minimum atomic E-state index is -1.15. The maximum absolute atomic E-state index is 12.7. The van der Waals surface area contributed by atoms with Crippen LogP contribution in [0.3, 0.4) is 0 Å². The van der Waals surface area contributed by atoms with Gasteiger partial charge >= 0.3 is 0 Å². The largest absolute Gasteiger partial charge is 0.496 e. The van der Waals surface area contributed by atoms with Crippen LogP contribution in [0, 0.1) is 11.3 Å². The van der Waals surface area contributed by atoms with E-state index in [1.165, 1.54) is 0 Å². The molecule has 0 unspecified atom stereocenters. The van der Waals surface area contributed by atoms with E-state index in [-0.39, 0.29) is 18.1 Å². The number of nitrogens with zero attached hydrogens (tertiary/aromatic N) is 3. The molecule has 0 spiro atoms. The summed E-state index contributed by atoms with van der Waals surface area (Å²) in [5.41, 5.74) is 2.25. The Bertz CT molecular complexity index is 1030. The van der Waals surface area contributed by atoms with E-state index < -0.39 is 11.8 Å². The maximum atomic E-state index is 12.7. The van der Waals surface area contributed by atoms with Crippen LogP contribution in [0.25, 0.3) is 11.0 Å². The minimum Gasteiger partial charge on any atom is -0.496 e. The van der Waals surface area contributed by atoms with Gasteiger partial charge in [-0.05, 0) is 25.1 Å². The van der Waals surface area contributed by atoms with Crippen molar-refractivity contribution in [2.75, 3.05) is 13.7 Å². The number of carbonyl (C=O) groups excluding carboxylic acids is 1. The van der Waals surface area contributed by atoms with Gasteiger partial charge in [0.2, 0.25) is 11.8 Å². The summed E-state index contributed by atoms with van der Waals surface area (Å²) in [5.74, 6) is -0.760. The van der Waals surface area contributed by atoms with Crippen LogP contribution in [0.4, 0.5) is 0 Å². The van der Waals surface area contributed by atoms with E-state index in [0.717, 1.165) is 5.56 Å². The summed E-state index contributed by atoms with van der Waals surface area (Å²) >= 11 is 0. The van der Waals surface area contributed by atoms with Gasteiger partial charge in [-0.25, -0.2) is 9.97 Å². The molecule has 142 valence electrons. The zero-order valence-electron chi connectivity index (χ0n) is 15.7. The molecule has 0 fully saturated rings. The van der Waals surface area contributed by atoms with Crippen LogP contribution in [-0.4, -0.2) is 29.6 Å². The van der Waals surface area contributed by atoms with Crippen molar-refractivity contribution in [3.63, 3.8) is 0 Å². The van der Waals surface area contributed by atoms with Crippen LogP contribution in [-0.2, 0) is 11.3 Å². The molecule has 1 N–H and O–H groups in total. The van der Waals surface area contributed by atoms with Gasteiger partial charge in [-0.1, -0.05) is 30.3 Å². The molecule has 0 radical (unpaired) electrons. The zero-order chi connectivity index (χ0) is 19.9. The van der Waals surface area contributed by atoms with Gasteiger partial charge in [-0.2, -0.15) is 5.26 Å². The van der Waals surface area contributed by atoms with Crippen LogP contribution in [0.1, 0.15) is 24.1 Å². The summed E-state index contributed by atoms with van der Waals surface area (Å²) in [6, 6.07) is 16.6. The second-order valence-electron chi connectivity index (χ2n) is 5.93. The molecule has 3 aromatic rings. The molecule has 7 nitrogen and oxygen atoms in total. The lowest BCUT2D eigenvalue weighted by atomic mass is 10.1. The van der Waals surface area contributed by atoms with Crippen molar-refractivity contribution in [3.05, 3.63) is 59.8 Å². The van der Waals surface area contributed by atoms with Crippen molar-refractivity contribution in [1.29, 1.82) is 5.26 Å². The molecule has 0 saturated carbocycles. The van der Waals surface area contributed by atoms with E-state index in [9.17, 15) is 10.1 Å². The number of aromatic nitrogens is 2. The number of para-hydroxylation sites is 3. The molecule has 0 bridgehead atoms. The minimum absolute atomic E-state index is 0.195. The topological polar surface area (TPSA) is 97.1 Å². The quantitative estimate of drug-likeness (QED) is 0.681. The van der Waals surface area contributed by atoms with Gasteiger partial charge in [0.15, 0.2) is 5.92 Å². The standard InChI is InChI=1S/C21H20N4O3/c1-3-28-21-19(24-16-9-5-6-10-17(16)25-21)15(12-22)20(26)23-13-14-8-4-7-11-18(14)27-2/h4-11,15H,3,13H2,1-2H3,(H,23,26)/t15-/m1/s1. The Morgan fingerprint density at radius 3 is 2.50 bits per heavy atom. The molecule has 0 aliphatic carbocycles. The second kappa shape index (κ2) is 8.82. The van der Waals surface area contributed by atoms with Crippen molar-refractivity contribution >= 4 is 16.9 Å². The predicted molar refractivity (Wildman–Crippen MR) is 104 cm³/mol. The Kier molecular flexibility index (Phi) is 6.02. The number of amides is 1. The number of nitrogens with one attached hydrogen (secondary N) is 1. The fourth-order valence-electron chi connectivity index (χ4n) is 2.81. The summed E-state index contributed by atoms with van der Waals surface area (Å²) in [7, 11) is 1.57. The summed E-state index contributed by atoms with van der Waals surface area (Å²) < 4.78 is 10.8. The first-order valence-electron chi connectivity index (χ1n) is 8.86. The SMILES string of the molecule is CCOc1nc2ccccc2nc1[C@@H](C#N)C(=O)NCc1ccccc1OC. The Morgan fingerprint density at radius 1 is 1.14 bits per heavy atom. The molecule has 1 amide bonds. The Balaban J connectivity index is 1.88. The van der Waals surface area contributed by atoms with E-state index in [0.29, 0.717) is 23.4 Å². The fraction of sp³-hybridized carbons (Fsp3) is 0.238. The third-order valence-corrected chi connectivity index (χ3v) is 4.16. The predicted octanol–water partition coefficient (Wildman–Crippen LogP) is 2.96. The number of rotatable bonds is 7. The Morgan fingerprint density at radius 2 is 1.82 bits per heavy atom. The first kappa shape index (κ1) is 19.1. The van der Waals surface area contributed by atoms with E-state index in [4.69, 9.17) is 9.47 Å². The molecule has 1 heterocycles. The van der Waals surface area contributed by atoms with Crippen molar-refractivity contribution in [2.24, 2.45) is 0 Å². The van der Waals surface area contributed by atoms with E-state index >= 15 is 0 Å². The summed E-state index contributed by atoms with van der Waals surface area (Å²) in [4.78, 5) is 21.6. The molecule has 3 rings (SSSR count). The summed E-state index contributed by atoms with van der Waals surface area (Å²) in [5, 5.41) is 12.4. The van der Waals surface area contributed by atoms with E-state index in [1.54, 1.807) is 19.2 Å². The highest BCUT2D eigenvalue weighted by atomic mass is 16.5. The first-order chi connectivity index (χ1) is 13.7. The molecule has 0 saturated heterocycles. The first-order valence-corrected chi connectivity index (χ1v) is 8.86. The number of hydrogen-bond acceptors (Lipinski definition) is 6. The van der Waals surface area contributed by atoms with Gasteiger partial charge in [0.05, 0.1) is 30.8 Å². The molecule has 28 heavy (non-hydrogen) atoms. The molecular weight excluding hydrogens is 356 g/mol. The highest BCUT2D eigenvalue weighted by Crippen LogP contribution is 2.26. The number of benzene rings is 2. The van der Waals surface area contributed by atoms with Crippen molar-refractivity contribution in [1.82, 2.24) is 15.3 Å². The number of methoxy groups -OCH3 is 1. The monoisotopic (exact) mass is 376 g/mol. The number of hydrogen-bond donors (Lipinski definition) is 1. The lowest BCUT2D eigenvalue weighted by Crippen LogP contribution is -2.29. The molecule has 0 aliphatic rings. The van der Waals surface area contributed by atoms with E-state index in [1.807, 2.05) is 49.4 Å².